The molecular formula is C35H24N2O+2. The number of aromatic nitrogens is 2. The molecule has 0 atom stereocenters. The number of pyridine rings is 2. The van der Waals surface area contributed by atoms with Crippen molar-refractivity contribution in [1.29, 1.82) is 0 Å². The quantitative estimate of drug-likeness (QED) is 0.198. The topological polar surface area (TPSA) is 21.3 Å². The highest BCUT2D eigenvalue weighted by Gasteiger charge is 2.21. The fourth-order valence-electron chi connectivity index (χ4n) is 5.91. The molecule has 0 N–H and O–H groups in total. The number of hydrogen-bond donors (Lipinski definition) is 0. The molecule has 0 amide bonds. The lowest BCUT2D eigenvalue weighted by atomic mass is 10.0. The number of fused-ring (bicyclic) bond motifs is 13. The van der Waals surface area contributed by atoms with Gasteiger partial charge < -0.3 is 4.42 Å². The maximum atomic E-state index is 6.71. The molecule has 4 aromatic carbocycles. The van der Waals surface area contributed by atoms with Gasteiger partial charge in [-0.1, -0.05) is 54.6 Å². The molecule has 0 spiro atoms. The van der Waals surface area contributed by atoms with E-state index >= 15 is 0 Å². The second kappa shape index (κ2) is 7.99. The molecule has 4 aromatic heterocycles. The zero-order valence-electron chi connectivity index (χ0n) is 20.9. The SMILES string of the molecule is Cc1cc[n+]2c3ccccc3c3cccc[n+]3c3cc4c(cc3c2c1)oc1ccccc1c1ccccc41. The Morgan fingerprint density at radius 2 is 1.03 bits per heavy atom. The summed E-state index contributed by atoms with van der Waals surface area (Å²) in [6.07, 6.45) is 4.35. The number of rotatable bonds is 0. The van der Waals surface area contributed by atoms with Gasteiger partial charge in [-0.05, 0) is 41.5 Å². The summed E-state index contributed by atoms with van der Waals surface area (Å²) in [5.74, 6) is 0. The molecule has 3 nitrogen and oxygen atoms in total. The molecule has 0 fully saturated rings. The van der Waals surface area contributed by atoms with Crippen molar-refractivity contribution >= 4 is 65.6 Å². The van der Waals surface area contributed by atoms with E-state index in [0.29, 0.717) is 0 Å². The molecule has 0 unspecified atom stereocenters. The van der Waals surface area contributed by atoms with Crippen molar-refractivity contribution in [3.05, 3.63) is 133 Å². The van der Waals surface area contributed by atoms with Crippen LogP contribution in [0.3, 0.4) is 0 Å². The molecule has 8 rings (SSSR count). The van der Waals surface area contributed by atoms with Gasteiger partial charge in [0, 0.05) is 53.2 Å². The Balaban J connectivity index is 1.77. The van der Waals surface area contributed by atoms with Gasteiger partial charge >= 0.3 is 0 Å². The van der Waals surface area contributed by atoms with Gasteiger partial charge in [0.1, 0.15) is 21.9 Å². The number of benzene rings is 4. The molecule has 4 heterocycles. The first-order valence-electron chi connectivity index (χ1n) is 12.9. The van der Waals surface area contributed by atoms with Gasteiger partial charge in [0.25, 0.3) is 0 Å². The van der Waals surface area contributed by atoms with Gasteiger partial charge in [-0.25, -0.2) is 0 Å². The van der Waals surface area contributed by atoms with Crippen LogP contribution in [0.5, 0.6) is 0 Å². The predicted octanol–water partition coefficient (Wildman–Crippen LogP) is 7.96. The second-order valence-electron chi connectivity index (χ2n) is 9.94. The van der Waals surface area contributed by atoms with E-state index in [-0.39, 0.29) is 0 Å². The van der Waals surface area contributed by atoms with Gasteiger partial charge in [-0.2, -0.15) is 8.80 Å². The van der Waals surface area contributed by atoms with Crippen LogP contribution in [0.25, 0.3) is 65.6 Å². The Bertz CT molecular complexity index is 2310. The summed E-state index contributed by atoms with van der Waals surface area (Å²) in [6, 6.07) is 41.0. The monoisotopic (exact) mass is 488 g/mol. The number of hydrogen-bond acceptors (Lipinski definition) is 1. The molecule has 3 heteroatoms. The Hall–Kier alpha value is -5.02. The maximum Gasteiger partial charge on any atom is 0.226 e. The Kier molecular flexibility index (Phi) is 4.44. The van der Waals surface area contributed by atoms with Gasteiger partial charge in [0.2, 0.25) is 22.1 Å². The summed E-state index contributed by atoms with van der Waals surface area (Å²) >= 11 is 0. The van der Waals surface area contributed by atoms with Crippen LogP contribution in [0, 0.1) is 6.92 Å². The van der Waals surface area contributed by atoms with E-state index < -0.39 is 0 Å². The highest BCUT2D eigenvalue weighted by molar-refractivity contribution is 6.16. The molecular weight excluding hydrogens is 464 g/mol. The molecule has 8 aromatic rings. The maximum absolute atomic E-state index is 6.71. The molecule has 0 radical (unpaired) electrons. The van der Waals surface area contributed by atoms with E-state index in [2.05, 4.69) is 137 Å². The number of aryl methyl sites for hydroxylation is 1. The minimum atomic E-state index is 0.862. The van der Waals surface area contributed by atoms with Crippen molar-refractivity contribution in [1.82, 2.24) is 0 Å². The Labute approximate surface area is 218 Å². The lowest BCUT2D eigenvalue weighted by Gasteiger charge is -2.03. The minimum absolute atomic E-state index is 0.862. The minimum Gasteiger partial charge on any atom is -0.456 e. The Morgan fingerprint density at radius 3 is 1.84 bits per heavy atom. The molecule has 0 bridgehead atoms. The molecule has 0 saturated carbocycles. The first-order chi connectivity index (χ1) is 18.8. The van der Waals surface area contributed by atoms with Crippen LogP contribution in [0.1, 0.15) is 5.56 Å². The third-order valence-electron chi connectivity index (χ3n) is 7.66. The zero-order chi connectivity index (χ0) is 25.2. The Morgan fingerprint density at radius 1 is 0.421 bits per heavy atom. The predicted molar refractivity (Wildman–Crippen MR) is 155 cm³/mol. The summed E-state index contributed by atoms with van der Waals surface area (Å²) in [7, 11) is 0. The smallest absolute Gasteiger partial charge is 0.226 e. The van der Waals surface area contributed by atoms with Gasteiger partial charge in [-0.15, -0.1) is 0 Å². The van der Waals surface area contributed by atoms with E-state index in [1.54, 1.807) is 0 Å². The van der Waals surface area contributed by atoms with Crippen molar-refractivity contribution in [2.45, 2.75) is 6.92 Å². The normalized spacial score (nSPS) is 11.8. The number of para-hydroxylation sites is 2. The molecule has 178 valence electrons. The fourth-order valence-corrected chi connectivity index (χ4v) is 5.91. The van der Waals surface area contributed by atoms with Gasteiger partial charge in [0.05, 0.1) is 0 Å². The lowest BCUT2D eigenvalue weighted by molar-refractivity contribution is -0.488. The van der Waals surface area contributed by atoms with Crippen LogP contribution in [0.2, 0.25) is 0 Å². The first kappa shape index (κ1) is 21.1. The van der Waals surface area contributed by atoms with Crippen LogP contribution < -0.4 is 8.80 Å². The van der Waals surface area contributed by atoms with Crippen LogP contribution in [0.15, 0.2) is 132 Å². The van der Waals surface area contributed by atoms with Gasteiger partial charge in [-0.3, -0.25) is 0 Å². The van der Waals surface area contributed by atoms with Crippen molar-refractivity contribution in [3.63, 3.8) is 0 Å². The summed E-state index contributed by atoms with van der Waals surface area (Å²) < 4.78 is 11.3. The summed E-state index contributed by atoms with van der Waals surface area (Å²) in [5.41, 5.74) is 7.50. The molecule has 0 aliphatic heterocycles. The van der Waals surface area contributed by atoms with Crippen molar-refractivity contribution in [3.8, 4) is 0 Å². The van der Waals surface area contributed by atoms with E-state index in [9.17, 15) is 0 Å². The zero-order valence-corrected chi connectivity index (χ0v) is 20.9. The van der Waals surface area contributed by atoms with Crippen molar-refractivity contribution < 1.29 is 13.2 Å². The van der Waals surface area contributed by atoms with E-state index in [0.717, 1.165) is 49.4 Å². The largest absolute Gasteiger partial charge is 0.456 e. The van der Waals surface area contributed by atoms with Crippen molar-refractivity contribution in [2.75, 3.05) is 0 Å². The molecule has 38 heavy (non-hydrogen) atoms. The van der Waals surface area contributed by atoms with Crippen LogP contribution in [-0.2, 0) is 0 Å². The lowest BCUT2D eigenvalue weighted by Crippen LogP contribution is -2.27. The second-order valence-corrected chi connectivity index (χ2v) is 9.94. The van der Waals surface area contributed by atoms with E-state index in [1.807, 2.05) is 6.07 Å². The van der Waals surface area contributed by atoms with Gasteiger partial charge in [0.15, 0.2) is 12.4 Å². The third kappa shape index (κ3) is 3.02. The summed E-state index contributed by atoms with van der Waals surface area (Å²) in [5, 5.41) is 6.86. The van der Waals surface area contributed by atoms with Crippen LogP contribution in [0.4, 0.5) is 0 Å². The molecule has 0 aliphatic carbocycles. The number of nitrogens with zero attached hydrogens (tertiary/aromatic N) is 2. The first-order valence-corrected chi connectivity index (χ1v) is 12.9. The average Bonchev–Trinajstić information content (AvgIpc) is 3.10. The van der Waals surface area contributed by atoms with E-state index in [4.69, 9.17) is 4.42 Å². The van der Waals surface area contributed by atoms with E-state index in [1.165, 1.54) is 21.7 Å². The van der Waals surface area contributed by atoms with Crippen LogP contribution >= 0.6 is 0 Å². The molecule has 0 saturated heterocycles. The third-order valence-corrected chi connectivity index (χ3v) is 7.66. The van der Waals surface area contributed by atoms with Crippen molar-refractivity contribution in [2.24, 2.45) is 0 Å². The standard InChI is InChI=1S/C35H24N2O/c1-23-17-19-37-31-14-6-4-13-27(31)30-15-8-9-18-36(30)33-21-28-25-11-3-2-10-24(25)26-12-5-7-16-34(26)38-35(28)22-29(33)32(37)20-23/h2-22H,1H3/q+2. The highest BCUT2D eigenvalue weighted by atomic mass is 16.3. The average molecular weight is 489 g/mol. The summed E-state index contributed by atoms with van der Waals surface area (Å²) in [4.78, 5) is 0. The molecule has 0 aliphatic rings. The highest BCUT2D eigenvalue weighted by Crippen LogP contribution is 2.33. The van der Waals surface area contributed by atoms with Crippen LogP contribution in [-0.4, -0.2) is 0 Å². The fraction of sp³-hybridized carbons (Fsp3) is 0.0286. The summed E-state index contributed by atoms with van der Waals surface area (Å²) in [6.45, 7) is 2.15.